The molecule has 1 fully saturated rings. The van der Waals surface area contributed by atoms with Gasteiger partial charge in [0.25, 0.3) is 0 Å². The van der Waals surface area contributed by atoms with Gasteiger partial charge in [0, 0.05) is 0 Å². The molecular weight excluding hydrogens is 134 g/mol. The minimum Gasteiger partial charge on any atom is -0.469 e. The third-order valence-corrected chi connectivity index (χ3v) is 1.03. The first kappa shape index (κ1) is 7.50. The maximum Gasteiger partial charge on any atom is 0.223 e. The van der Waals surface area contributed by atoms with E-state index in [4.69, 9.17) is 14.6 Å². The fourth-order valence-electron chi connectivity index (χ4n) is 0.525. The molecule has 0 atom stereocenters. The van der Waals surface area contributed by atoms with Crippen molar-refractivity contribution >= 4 is 5.90 Å². The highest BCUT2D eigenvalue weighted by molar-refractivity contribution is 5.88. The van der Waals surface area contributed by atoms with Gasteiger partial charge in [-0.3, -0.25) is 4.99 Å². The van der Waals surface area contributed by atoms with Gasteiger partial charge in [0.2, 0.25) is 5.90 Å². The van der Waals surface area contributed by atoms with Crippen molar-refractivity contribution in [2.45, 2.75) is 0 Å². The second-order valence-electron chi connectivity index (χ2n) is 1.90. The summed E-state index contributed by atoms with van der Waals surface area (Å²) < 4.78 is 9.71. The summed E-state index contributed by atoms with van der Waals surface area (Å²) in [5.74, 6) is 0.813. The van der Waals surface area contributed by atoms with Crippen LogP contribution in [0.5, 0.6) is 0 Å². The second-order valence-corrected chi connectivity index (χ2v) is 1.90. The summed E-state index contributed by atoms with van der Waals surface area (Å²) in [5, 5.41) is 8.30. The van der Waals surface area contributed by atoms with Crippen molar-refractivity contribution in [2.24, 2.45) is 4.99 Å². The fraction of sp³-hybridized carbons (Fsp3) is 0.833. The molecule has 1 aliphatic rings. The van der Waals surface area contributed by atoms with E-state index >= 15 is 0 Å². The predicted octanol–water partition coefficient (Wildman–Crippen LogP) is -0.576. The number of hydrogen-bond acceptors (Lipinski definition) is 4. The smallest absolute Gasteiger partial charge is 0.223 e. The molecule has 1 heterocycles. The molecule has 0 aromatic carbocycles. The van der Waals surface area contributed by atoms with E-state index in [1.165, 1.54) is 0 Å². The van der Waals surface area contributed by atoms with Gasteiger partial charge >= 0.3 is 0 Å². The molecule has 1 N–H and O–H groups in total. The van der Waals surface area contributed by atoms with Crippen molar-refractivity contribution < 1.29 is 14.6 Å². The number of rotatable bonds is 5. The Morgan fingerprint density at radius 2 is 2.40 bits per heavy atom. The Kier molecular flexibility index (Phi) is 3.18. The van der Waals surface area contributed by atoms with E-state index in [1.54, 1.807) is 0 Å². The van der Waals surface area contributed by atoms with Gasteiger partial charge in [-0.25, -0.2) is 0 Å². The highest BCUT2D eigenvalue weighted by Crippen LogP contribution is 1.98. The average molecular weight is 145 g/mol. The minimum absolute atomic E-state index is 0.0765. The summed E-state index contributed by atoms with van der Waals surface area (Å²) in [7, 11) is 0. The van der Waals surface area contributed by atoms with E-state index in [0.717, 1.165) is 5.90 Å². The number of epoxide rings is 1. The molecule has 0 unspecified atom stereocenters. The number of hydrogen-bond donors (Lipinski definition) is 1. The number of nitrogens with zero attached hydrogens (tertiary/aromatic N) is 1. The van der Waals surface area contributed by atoms with Gasteiger partial charge in [0.1, 0.15) is 0 Å². The van der Waals surface area contributed by atoms with Crippen LogP contribution in [-0.4, -0.2) is 44.0 Å². The zero-order valence-electron chi connectivity index (χ0n) is 5.75. The Labute approximate surface area is 59.5 Å². The topological polar surface area (TPSA) is 54.4 Å². The lowest BCUT2D eigenvalue weighted by molar-refractivity contribution is 0.0978. The summed E-state index contributed by atoms with van der Waals surface area (Å²) in [6, 6.07) is 0. The third-order valence-electron chi connectivity index (χ3n) is 1.03. The normalized spacial score (nSPS) is 19.1. The maximum absolute atomic E-state index is 8.30. The van der Waals surface area contributed by atoms with Crippen molar-refractivity contribution in [2.75, 3.05) is 33.0 Å². The van der Waals surface area contributed by atoms with E-state index in [1.807, 2.05) is 0 Å². The van der Waals surface area contributed by atoms with Crippen LogP contribution in [0.3, 0.4) is 0 Å². The Balaban J connectivity index is 1.81. The highest BCUT2D eigenvalue weighted by Gasteiger charge is 2.13. The molecule has 1 rings (SSSR count). The van der Waals surface area contributed by atoms with Gasteiger partial charge in [-0.05, 0) is 0 Å². The van der Waals surface area contributed by atoms with Crippen LogP contribution in [0.25, 0.3) is 0 Å². The molecule has 0 aromatic heterocycles. The van der Waals surface area contributed by atoms with Crippen molar-refractivity contribution in [3.63, 3.8) is 0 Å². The van der Waals surface area contributed by atoms with Crippen molar-refractivity contribution in [3.05, 3.63) is 0 Å². The average Bonchev–Trinajstić information content (AvgIpc) is 2.71. The standard InChI is InChI=1S/C6H11NO3/c8-2-4-9-3-1-7-6-5-10-6/h8H,1-5H2. The fourth-order valence-corrected chi connectivity index (χ4v) is 0.525. The maximum atomic E-state index is 8.30. The number of ether oxygens (including phenoxy) is 2. The quantitative estimate of drug-likeness (QED) is 0.416. The second kappa shape index (κ2) is 4.24. The number of aliphatic hydroxyl groups is 1. The third kappa shape index (κ3) is 3.42. The highest BCUT2D eigenvalue weighted by atomic mass is 16.6. The van der Waals surface area contributed by atoms with Crippen LogP contribution in [-0.2, 0) is 9.47 Å². The van der Waals surface area contributed by atoms with Crippen molar-refractivity contribution in [3.8, 4) is 0 Å². The van der Waals surface area contributed by atoms with Gasteiger partial charge in [-0.15, -0.1) is 0 Å². The lowest BCUT2D eigenvalue weighted by atomic mass is 10.7. The Morgan fingerprint density at radius 1 is 1.60 bits per heavy atom. The molecule has 0 aromatic rings. The molecule has 1 saturated heterocycles. The largest absolute Gasteiger partial charge is 0.469 e. The van der Waals surface area contributed by atoms with Crippen LogP contribution in [0.15, 0.2) is 4.99 Å². The van der Waals surface area contributed by atoms with Crippen LogP contribution < -0.4 is 0 Å². The van der Waals surface area contributed by atoms with Crippen LogP contribution >= 0.6 is 0 Å². The number of aliphatic imine (C=N–C) groups is 1. The Morgan fingerprint density at radius 3 is 3.00 bits per heavy atom. The first-order valence-corrected chi connectivity index (χ1v) is 3.28. The van der Waals surface area contributed by atoms with Gasteiger partial charge in [-0.2, -0.15) is 0 Å². The van der Waals surface area contributed by atoms with E-state index in [0.29, 0.717) is 26.4 Å². The van der Waals surface area contributed by atoms with Gasteiger partial charge in [0.15, 0.2) is 6.61 Å². The minimum atomic E-state index is 0.0765. The van der Waals surface area contributed by atoms with E-state index in [2.05, 4.69) is 4.99 Å². The lowest BCUT2D eigenvalue weighted by Gasteiger charge is -1.95. The molecule has 1 aliphatic heterocycles. The summed E-state index contributed by atoms with van der Waals surface area (Å²) in [5.41, 5.74) is 0. The zero-order valence-corrected chi connectivity index (χ0v) is 5.75. The number of aliphatic hydroxyl groups excluding tert-OH is 1. The Bertz CT molecular complexity index is 118. The molecule has 58 valence electrons. The zero-order chi connectivity index (χ0) is 7.23. The molecule has 4 nitrogen and oxygen atoms in total. The molecule has 10 heavy (non-hydrogen) atoms. The molecular formula is C6H11NO3. The van der Waals surface area contributed by atoms with Crippen LogP contribution in [0.1, 0.15) is 0 Å². The molecule has 0 spiro atoms. The molecule has 0 saturated carbocycles. The van der Waals surface area contributed by atoms with E-state index in [-0.39, 0.29) is 6.61 Å². The summed E-state index contributed by atoms with van der Waals surface area (Å²) >= 11 is 0. The molecule has 0 amide bonds. The van der Waals surface area contributed by atoms with Gasteiger partial charge in [0.05, 0.1) is 26.4 Å². The van der Waals surface area contributed by atoms with Crippen molar-refractivity contribution in [1.82, 2.24) is 0 Å². The van der Waals surface area contributed by atoms with Gasteiger partial charge < -0.3 is 14.6 Å². The lowest BCUT2D eigenvalue weighted by Crippen LogP contribution is -2.03. The van der Waals surface area contributed by atoms with Crippen LogP contribution in [0.4, 0.5) is 0 Å². The van der Waals surface area contributed by atoms with Crippen molar-refractivity contribution in [1.29, 1.82) is 0 Å². The monoisotopic (exact) mass is 145 g/mol. The SMILES string of the molecule is OCCOCCN=C1CO1. The molecule has 0 aliphatic carbocycles. The summed E-state index contributed by atoms with van der Waals surface area (Å²) in [6.45, 7) is 2.35. The van der Waals surface area contributed by atoms with Crippen LogP contribution in [0.2, 0.25) is 0 Å². The molecule has 4 heteroatoms. The van der Waals surface area contributed by atoms with E-state index < -0.39 is 0 Å². The summed E-state index contributed by atoms with van der Waals surface area (Å²) in [4.78, 5) is 4.00. The molecule has 0 radical (unpaired) electrons. The predicted molar refractivity (Wildman–Crippen MR) is 36.2 cm³/mol. The van der Waals surface area contributed by atoms with Gasteiger partial charge in [-0.1, -0.05) is 0 Å². The molecule has 0 bridgehead atoms. The first-order valence-electron chi connectivity index (χ1n) is 3.28. The van der Waals surface area contributed by atoms with Crippen LogP contribution in [0, 0.1) is 0 Å². The Hall–Kier alpha value is -0.610. The first-order chi connectivity index (χ1) is 4.93. The summed E-state index contributed by atoms with van der Waals surface area (Å²) in [6.07, 6.45) is 0. The van der Waals surface area contributed by atoms with E-state index in [9.17, 15) is 0 Å².